The minimum absolute atomic E-state index is 0.137. The molecule has 0 aromatic heterocycles. The second kappa shape index (κ2) is 9.43. The lowest BCUT2D eigenvalue weighted by Gasteiger charge is -2.14. The van der Waals surface area contributed by atoms with Gasteiger partial charge in [-0.1, -0.05) is 23.8 Å². The van der Waals surface area contributed by atoms with E-state index < -0.39 is 33.7 Å². The number of rotatable bonds is 8. The number of aliphatic hydroxyl groups is 1. The summed E-state index contributed by atoms with van der Waals surface area (Å²) in [6, 6.07) is 6.29. The lowest BCUT2D eigenvalue weighted by atomic mass is 10.1. The third-order valence-electron chi connectivity index (χ3n) is 4.33. The van der Waals surface area contributed by atoms with Crippen LogP contribution in [0.4, 0.5) is 8.78 Å². The third kappa shape index (κ3) is 6.06. The third-order valence-corrected chi connectivity index (χ3v) is 6.10. The Balaban J connectivity index is 1.88. The van der Waals surface area contributed by atoms with Crippen molar-refractivity contribution in [2.75, 3.05) is 13.1 Å². The maximum Gasteiger partial charge on any atom is 0.241 e. The highest BCUT2D eigenvalue weighted by atomic mass is 32.2. The summed E-state index contributed by atoms with van der Waals surface area (Å²) in [5.74, 6) is -2.20. The molecule has 0 radical (unpaired) electrons. The van der Waals surface area contributed by atoms with Gasteiger partial charge < -0.3 is 10.4 Å². The van der Waals surface area contributed by atoms with Crippen LogP contribution >= 0.6 is 0 Å². The van der Waals surface area contributed by atoms with E-state index in [2.05, 4.69) is 10.0 Å². The second-order valence-corrected chi connectivity index (χ2v) is 8.57. The van der Waals surface area contributed by atoms with Crippen molar-refractivity contribution in [1.29, 1.82) is 0 Å². The zero-order chi connectivity index (χ0) is 21.8. The predicted molar refractivity (Wildman–Crippen MR) is 105 cm³/mol. The van der Waals surface area contributed by atoms with Gasteiger partial charge >= 0.3 is 0 Å². The fourth-order valence-electron chi connectivity index (χ4n) is 3.14. The number of halogens is 2. The molecule has 2 rings (SSSR count). The number of carbonyl (C=O) groups is 1. The van der Waals surface area contributed by atoms with Gasteiger partial charge in [0, 0.05) is 31.1 Å². The van der Waals surface area contributed by atoms with Crippen molar-refractivity contribution in [2.24, 2.45) is 0 Å². The van der Waals surface area contributed by atoms with Crippen LogP contribution in [-0.2, 0) is 14.8 Å². The number of sulfonamides is 1. The summed E-state index contributed by atoms with van der Waals surface area (Å²) in [4.78, 5) is 12.1. The molecule has 0 heterocycles. The van der Waals surface area contributed by atoms with Gasteiger partial charge in [-0.05, 0) is 38.0 Å². The van der Waals surface area contributed by atoms with E-state index in [0.29, 0.717) is 17.2 Å². The molecule has 158 valence electrons. The van der Waals surface area contributed by atoms with Crippen molar-refractivity contribution in [3.05, 3.63) is 64.2 Å². The molecule has 1 atom stereocenters. The monoisotopic (exact) mass is 426 g/mol. The number of hydrogen-bond donors (Lipinski definition) is 3. The molecule has 2 aromatic rings. The standard InChI is InChI=1S/C20H24F2N2O4S/c1-12-8-13(2)20(14(3)9-12)29(27,28)24-7-6-19(26)23-11-18(25)16-5-4-15(21)10-17(16)22/h4-5,8-10,18,24-25H,6-7,11H2,1-3H3,(H,23,26). The summed E-state index contributed by atoms with van der Waals surface area (Å²) in [5, 5.41) is 12.3. The molecule has 9 heteroatoms. The molecular weight excluding hydrogens is 402 g/mol. The average Bonchev–Trinajstić information content (AvgIpc) is 2.58. The number of benzene rings is 2. The summed E-state index contributed by atoms with van der Waals surface area (Å²) in [6.07, 6.45) is -1.52. The number of carbonyl (C=O) groups excluding carboxylic acids is 1. The van der Waals surface area contributed by atoms with Crippen LogP contribution < -0.4 is 10.0 Å². The van der Waals surface area contributed by atoms with Gasteiger partial charge in [-0.25, -0.2) is 21.9 Å². The Morgan fingerprint density at radius 1 is 1.10 bits per heavy atom. The molecule has 0 aliphatic carbocycles. The maximum absolute atomic E-state index is 13.6. The molecule has 0 aliphatic heterocycles. The summed E-state index contributed by atoms with van der Waals surface area (Å²) in [7, 11) is -3.78. The highest BCUT2D eigenvalue weighted by Crippen LogP contribution is 2.21. The Bertz CT molecular complexity index is 987. The van der Waals surface area contributed by atoms with Gasteiger partial charge in [-0.3, -0.25) is 4.79 Å². The maximum atomic E-state index is 13.6. The summed E-state index contributed by atoms with van der Waals surface area (Å²) in [5.41, 5.74) is 2.04. The molecule has 0 spiro atoms. The van der Waals surface area contributed by atoms with E-state index in [1.54, 1.807) is 26.0 Å². The number of amides is 1. The van der Waals surface area contributed by atoms with E-state index in [1.807, 2.05) is 6.92 Å². The molecule has 0 bridgehead atoms. The van der Waals surface area contributed by atoms with Crippen molar-refractivity contribution >= 4 is 15.9 Å². The molecule has 2 aromatic carbocycles. The first kappa shape index (κ1) is 22.9. The summed E-state index contributed by atoms with van der Waals surface area (Å²) < 4.78 is 54.0. The van der Waals surface area contributed by atoms with E-state index in [-0.39, 0.29) is 30.0 Å². The number of aryl methyl sites for hydroxylation is 3. The zero-order valence-corrected chi connectivity index (χ0v) is 17.2. The van der Waals surface area contributed by atoms with Gasteiger partial charge in [-0.2, -0.15) is 0 Å². The number of nitrogens with one attached hydrogen (secondary N) is 2. The lowest BCUT2D eigenvalue weighted by Crippen LogP contribution is -2.33. The average molecular weight is 426 g/mol. The first-order chi connectivity index (χ1) is 13.5. The van der Waals surface area contributed by atoms with Crippen molar-refractivity contribution in [3.63, 3.8) is 0 Å². The van der Waals surface area contributed by atoms with Crippen LogP contribution in [0.15, 0.2) is 35.2 Å². The van der Waals surface area contributed by atoms with E-state index in [1.165, 1.54) is 0 Å². The Morgan fingerprint density at radius 3 is 2.31 bits per heavy atom. The van der Waals surface area contributed by atoms with E-state index in [9.17, 15) is 27.1 Å². The van der Waals surface area contributed by atoms with Gasteiger partial charge in [0.25, 0.3) is 0 Å². The quantitative estimate of drug-likeness (QED) is 0.604. The van der Waals surface area contributed by atoms with Crippen LogP contribution in [0.2, 0.25) is 0 Å². The molecule has 1 unspecified atom stereocenters. The fourth-order valence-corrected chi connectivity index (χ4v) is 4.62. The van der Waals surface area contributed by atoms with Crippen molar-refractivity contribution < 1.29 is 27.1 Å². The van der Waals surface area contributed by atoms with Crippen LogP contribution in [0.1, 0.15) is 34.8 Å². The molecule has 1 amide bonds. The van der Waals surface area contributed by atoms with Gasteiger partial charge in [0.2, 0.25) is 15.9 Å². The Labute approximate surface area is 169 Å². The van der Waals surface area contributed by atoms with Crippen LogP contribution in [-0.4, -0.2) is 32.5 Å². The van der Waals surface area contributed by atoms with Crippen LogP contribution in [0.3, 0.4) is 0 Å². The summed E-state index contributed by atoms with van der Waals surface area (Å²) in [6.45, 7) is 4.86. The van der Waals surface area contributed by atoms with E-state index in [4.69, 9.17) is 0 Å². The minimum atomic E-state index is -3.78. The lowest BCUT2D eigenvalue weighted by molar-refractivity contribution is -0.121. The number of hydrogen-bond acceptors (Lipinski definition) is 4. The molecule has 0 aliphatic rings. The SMILES string of the molecule is Cc1cc(C)c(S(=O)(=O)NCCC(=O)NCC(O)c2ccc(F)cc2F)c(C)c1. The number of aliphatic hydroxyl groups excluding tert-OH is 1. The Kier molecular flexibility index (Phi) is 7.45. The minimum Gasteiger partial charge on any atom is -0.386 e. The molecule has 0 saturated heterocycles. The second-order valence-electron chi connectivity index (χ2n) is 6.86. The van der Waals surface area contributed by atoms with Crippen molar-refractivity contribution in [3.8, 4) is 0 Å². The van der Waals surface area contributed by atoms with Crippen LogP contribution in [0.25, 0.3) is 0 Å². The first-order valence-corrected chi connectivity index (χ1v) is 10.5. The molecule has 0 fully saturated rings. The van der Waals surface area contributed by atoms with Crippen molar-refractivity contribution in [1.82, 2.24) is 10.0 Å². The van der Waals surface area contributed by atoms with Crippen LogP contribution in [0.5, 0.6) is 0 Å². The topological polar surface area (TPSA) is 95.5 Å². The van der Waals surface area contributed by atoms with E-state index in [0.717, 1.165) is 17.7 Å². The molecular formula is C20H24F2N2O4S. The highest BCUT2D eigenvalue weighted by molar-refractivity contribution is 7.89. The smallest absolute Gasteiger partial charge is 0.241 e. The summed E-state index contributed by atoms with van der Waals surface area (Å²) >= 11 is 0. The zero-order valence-electron chi connectivity index (χ0n) is 16.4. The Morgan fingerprint density at radius 2 is 1.72 bits per heavy atom. The first-order valence-electron chi connectivity index (χ1n) is 8.98. The normalized spacial score (nSPS) is 12.6. The Hall–Kier alpha value is -2.36. The van der Waals surface area contributed by atoms with Gasteiger partial charge in [0.1, 0.15) is 11.6 Å². The van der Waals surface area contributed by atoms with Crippen molar-refractivity contribution in [2.45, 2.75) is 38.2 Å². The predicted octanol–water partition coefficient (Wildman–Crippen LogP) is 2.41. The molecule has 6 nitrogen and oxygen atoms in total. The van der Waals surface area contributed by atoms with Crippen LogP contribution in [0, 0.1) is 32.4 Å². The fraction of sp³-hybridized carbons (Fsp3) is 0.350. The molecule has 29 heavy (non-hydrogen) atoms. The van der Waals surface area contributed by atoms with Gasteiger partial charge in [0.05, 0.1) is 11.0 Å². The highest BCUT2D eigenvalue weighted by Gasteiger charge is 2.20. The molecule has 3 N–H and O–H groups in total. The van der Waals surface area contributed by atoms with Gasteiger partial charge in [-0.15, -0.1) is 0 Å². The largest absolute Gasteiger partial charge is 0.386 e. The van der Waals surface area contributed by atoms with Gasteiger partial charge in [0.15, 0.2) is 0 Å². The van der Waals surface area contributed by atoms with E-state index >= 15 is 0 Å². The molecule has 0 saturated carbocycles.